The maximum atomic E-state index is 2.99. The largest absolute Gasteiger partial charge is 0.0609 e. The minimum Gasteiger partial charge on any atom is -0.0609 e. The molecule has 104 valence electrons. The molecule has 0 saturated heterocycles. The molecule has 0 N–H and O–H groups in total. The first-order valence-corrected chi connectivity index (χ1v) is 7.15. The van der Waals surface area contributed by atoms with Gasteiger partial charge in [-0.15, -0.1) is 0 Å². The molecule has 0 radical (unpaired) electrons. The Hall–Kier alpha value is -4.20. The average molecular weight is 296 g/mol. The van der Waals surface area contributed by atoms with E-state index in [0.717, 1.165) is 22.3 Å². The van der Waals surface area contributed by atoms with Crippen LogP contribution in [0.2, 0.25) is 0 Å². The van der Waals surface area contributed by atoms with Crippen LogP contribution in [0.15, 0.2) is 48.5 Å². The number of rotatable bonds is 0. The first-order chi connectivity index (χ1) is 11.9. The van der Waals surface area contributed by atoms with Crippen molar-refractivity contribution in [1.82, 2.24) is 0 Å². The molecule has 2 aromatic carbocycles. The molecule has 0 heteroatoms. The van der Waals surface area contributed by atoms with Gasteiger partial charge in [0.2, 0.25) is 0 Å². The van der Waals surface area contributed by atoms with Crippen molar-refractivity contribution in [2.45, 2.75) is 0 Å². The van der Waals surface area contributed by atoms with E-state index in [9.17, 15) is 0 Å². The van der Waals surface area contributed by atoms with Gasteiger partial charge < -0.3 is 0 Å². The first-order valence-electron chi connectivity index (χ1n) is 7.15. The standard InChI is InChI=1S/C24H8/c1-2-6-14-22-18-11-12-20-24(22)16-8-4-3-7-15-23-19-10-9-17-21(23)13-5-1/h9-12,17-20H. The maximum Gasteiger partial charge on any atom is 0.0412 e. The Morgan fingerprint density at radius 1 is 0.333 bits per heavy atom. The van der Waals surface area contributed by atoms with E-state index < -0.39 is 0 Å². The van der Waals surface area contributed by atoms with Crippen molar-refractivity contribution in [3.8, 4) is 71.0 Å². The Balaban J connectivity index is 2.09. The van der Waals surface area contributed by atoms with Crippen LogP contribution < -0.4 is 0 Å². The van der Waals surface area contributed by atoms with E-state index in [1.54, 1.807) is 0 Å². The van der Waals surface area contributed by atoms with E-state index in [0.29, 0.717) is 0 Å². The molecule has 0 bridgehead atoms. The molecule has 0 spiro atoms. The molecule has 0 fully saturated rings. The van der Waals surface area contributed by atoms with Crippen LogP contribution in [-0.4, -0.2) is 0 Å². The fourth-order valence-electron chi connectivity index (χ4n) is 1.92. The summed E-state index contributed by atoms with van der Waals surface area (Å²) >= 11 is 0. The lowest BCUT2D eigenvalue weighted by atomic mass is 10.1. The van der Waals surface area contributed by atoms with Gasteiger partial charge >= 0.3 is 0 Å². The van der Waals surface area contributed by atoms with E-state index in [1.807, 2.05) is 48.5 Å². The SMILES string of the molecule is C1#CC#Cc2ccccc2C#CC#CC#Cc2ccccc2C#C1. The van der Waals surface area contributed by atoms with Crippen molar-refractivity contribution in [3.05, 3.63) is 70.8 Å². The van der Waals surface area contributed by atoms with Crippen LogP contribution >= 0.6 is 0 Å². The Morgan fingerprint density at radius 2 is 0.583 bits per heavy atom. The fourth-order valence-corrected chi connectivity index (χ4v) is 1.92. The van der Waals surface area contributed by atoms with Gasteiger partial charge in [-0.1, -0.05) is 47.9 Å². The molecule has 1 aliphatic carbocycles. The molecule has 0 heterocycles. The summed E-state index contributed by atoms with van der Waals surface area (Å²) in [6, 6.07) is 15.2. The lowest BCUT2D eigenvalue weighted by Crippen LogP contribution is -1.82. The number of hydrogen-bond donors (Lipinski definition) is 0. The minimum atomic E-state index is 0.817. The lowest BCUT2D eigenvalue weighted by molar-refractivity contribution is 1.59. The summed E-state index contributed by atoms with van der Waals surface area (Å²) in [6.07, 6.45) is 0. The third kappa shape index (κ3) is 3.92. The summed E-state index contributed by atoms with van der Waals surface area (Å²) < 4.78 is 0. The average Bonchev–Trinajstić information content (AvgIpc) is 2.62. The van der Waals surface area contributed by atoms with Crippen LogP contribution in [0.4, 0.5) is 0 Å². The zero-order valence-electron chi connectivity index (χ0n) is 12.6. The highest BCUT2D eigenvalue weighted by atomic mass is 14.0. The van der Waals surface area contributed by atoms with Gasteiger partial charge in [0.1, 0.15) is 0 Å². The second-order valence-electron chi connectivity index (χ2n) is 4.59. The number of hydrogen-bond acceptors (Lipinski definition) is 0. The Kier molecular flexibility index (Phi) is 4.73. The maximum absolute atomic E-state index is 2.99. The molecule has 0 amide bonds. The van der Waals surface area contributed by atoms with Crippen LogP contribution in [0.25, 0.3) is 0 Å². The van der Waals surface area contributed by atoms with Crippen LogP contribution in [0.5, 0.6) is 0 Å². The van der Waals surface area contributed by atoms with Crippen molar-refractivity contribution >= 4 is 0 Å². The summed E-state index contributed by atoms with van der Waals surface area (Å²) in [5, 5.41) is 0. The first kappa shape index (κ1) is 14.7. The van der Waals surface area contributed by atoms with Crippen molar-refractivity contribution < 1.29 is 0 Å². The number of fused-ring (bicyclic) bond motifs is 2. The molecule has 0 saturated carbocycles. The highest BCUT2D eigenvalue weighted by Crippen LogP contribution is 2.06. The molecule has 0 aromatic heterocycles. The van der Waals surface area contributed by atoms with Gasteiger partial charge in [-0.05, 0) is 71.6 Å². The van der Waals surface area contributed by atoms with Crippen LogP contribution in [0.3, 0.4) is 0 Å². The highest BCUT2D eigenvalue weighted by Gasteiger charge is 1.94. The van der Waals surface area contributed by atoms with Crippen LogP contribution in [0, 0.1) is 71.0 Å². The van der Waals surface area contributed by atoms with Crippen molar-refractivity contribution in [2.75, 3.05) is 0 Å². The summed E-state index contributed by atoms with van der Waals surface area (Å²) in [5.41, 5.74) is 3.27. The predicted molar refractivity (Wildman–Crippen MR) is 95.9 cm³/mol. The Labute approximate surface area is 142 Å². The third-order valence-corrected chi connectivity index (χ3v) is 3.02. The summed E-state index contributed by atoms with van der Waals surface area (Å²) in [7, 11) is 0. The second kappa shape index (κ2) is 7.71. The molecule has 0 atom stereocenters. The normalized spacial score (nSPS) is 9.67. The minimum absolute atomic E-state index is 0.817. The van der Waals surface area contributed by atoms with E-state index in [-0.39, 0.29) is 0 Å². The van der Waals surface area contributed by atoms with Crippen molar-refractivity contribution in [3.63, 3.8) is 0 Å². The summed E-state index contributed by atoms with van der Waals surface area (Å²) in [4.78, 5) is 0. The van der Waals surface area contributed by atoms with Crippen molar-refractivity contribution in [2.24, 2.45) is 0 Å². The van der Waals surface area contributed by atoms with E-state index in [1.165, 1.54) is 0 Å². The smallest absolute Gasteiger partial charge is 0.0412 e. The second-order valence-corrected chi connectivity index (χ2v) is 4.59. The van der Waals surface area contributed by atoms with Crippen LogP contribution in [0.1, 0.15) is 22.3 Å². The molecule has 0 unspecified atom stereocenters. The summed E-state index contributed by atoms with van der Waals surface area (Å²) in [5.74, 6) is 34.2. The van der Waals surface area contributed by atoms with Gasteiger partial charge in [-0.3, -0.25) is 0 Å². The quantitative estimate of drug-likeness (QED) is 0.656. The summed E-state index contributed by atoms with van der Waals surface area (Å²) in [6.45, 7) is 0. The molecule has 0 aliphatic heterocycles. The molecular formula is C24H8. The lowest BCUT2D eigenvalue weighted by Gasteiger charge is -1.93. The molecule has 2 aromatic rings. The molecule has 24 heavy (non-hydrogen) atoms. The zero-order valence-corrected chi connectivity index (χ0v) is 12.6. The van der Waals surface area contributed by atoms with Gasteiger partial charge in [0.05, 0.1) is 0 Å². The van der Waals surface area contributed by atoms with Gasteiger partial charge in [-0.25, -0.2) is 0 Å². The van der Waals surface area contributed by atoms with Crippen molar-refractivity contribution in [1.29, 1.82) is 0 Å². The van der Waals surface area contributed by atoms with E-state index in [2.05, 4.69) is 71.0 Å². The Morgan fingerprint density at radius 3 is 0.833 bits per heavy atom. The zero-order chi connectivity index (χ0) is 16.5. The molecular weight excluding hydrogens is 288 g/mol. The van der Waals surface area contributed by atoms with Gasteiger partial charge in [0, 0.05) is 22.3 Å². The van der Waals surface area contributed by atoms with Gasteiger partial charge in [0.15, 0.2) is 0 Å². The van der Waals surface area contributed by atoms with E-state index >= 15 is 0 Å². The topological polar surface area (TPSA) is 0 Å². The molecule has 0 nitrogen and oxygen atoms in total. The van der Waals surface area contributed by atoms with Gasteiger partial charge in [-0.2, -0.15) is 0 Å². The monoisotopic (exact) mass is 296 g/mol. The Bertz CT molecular complexity index is 983. The van der Waals surface area contributed by atoms with Gasteiger partial charge in [0.25, 0.3) is 0 Å². The van der Waals surface area contributed by atoms with E-state index in [4.69, 9.17) is 0 Å². The van der Waals surface area contributed by atoms with Crippen LogP contribution in [-0.2, 0) is 0 Å². The predicted octanol–water partition coefficient (Wildman–Crippen LogP) is 2.81. The third-order valence-electron chi connectivity index (χ3n) is 3.02. The molecule has 1 aliphatic rings. The highest BCUT2D eigenvalue weighted by molar-refractivity contribution is 5.56. The number of benzene rings is 2. The fraction of sp³-hybridized carbons (Fsp3) is 0. The molecule has 3 rings (SSSR count).